The summed E-state index contributed by atoms with van der Waals surface area (Å²) in [7, 11) is -3.12. The summed E-state index contributed by atoms with van der Waals surface area (Å²) < 4.78 is 23.0. The number of fused-ring (bicyclic) bond motifs is 1. The number of benzene rings is 2. The van der Waals surface area contributed by atoms with Gasteiger partial charge in [-0.15, -0.1) is 0 Å². The van der Waals surface area contributed by atoms with Crippen LogP contribution in [-0.4, -0.2) is 14.7 Å². The van der Waals surface area contributed by atoms with Gasteiger partial charge in [0, 0.05) is 6.26 Å². The van der Waals surface area contributed by atoms with Crippen LogP contribution >= 0.6 is 0 Å². The zero-order valence-electron chi connectivity index (χ0n) is 8.69. The minimum absolute atomic E-state index is 0.418. The lowest BCUT2D eigenvalue weighted by atomic mass is 10.1. The Morgan fingerprint density at radius 3 is 2.07 bits per heavy atom. The molecule has 2 aromatic carbocycles. The number of sulfone groups is 1. The Morgan fingerprint density at radius 1 is 1.00 bits per heavy atom. The van der Waals surface area contributed by atoms with Crippen LogP contribution in [0.2, 0.25) is 0 Å². The van der Waals surface area contributed by atoms with Crippen LogP contribution in [0.25, 0.3) is 10.8 Å². The average molecular weight is 220 g/mol. The Bertz CT molecular complexity index is 613. The topological polar surface area (TPSA) is 34.1 Å². The van der Waals surface area contributed by atoms with E-state index in [0.717, 1.165) is 16.3 Å². The molecule has 0 heterocycles. The first-order chi connectivity index (χ1) is 6.98. The molecule has 78 valence electrons. The average Bonchev–Trinajstić information content (AvgIpc) is 2.15. The summed E-state index contributed by atoms with van der Waals surface area (Å²) in [4.78, 5) is 0.418. The Morgan fingerprint density at radius 2 is 1.53 bits per heavy atom. The highest BCUT2D eigenvalue weighted by Crippen LogP contribution is 2.22. The molecular weight excluding hydrogens is 208 g/mol. The molecule has 0 spiro atoms. The molecule has 0 atom stereocenters. The molecule has 0 aliphatic rings. The van der Waals surface area contributed by atoms with E-state index in [-0.39, 0.29) is 0 Å². The molecule has 0 unspecified atom stereocenters. The van der Waals surface area contributed by atoms with Gasteiger partial charge in [-0.05, 0) is 29.3 Å². The van der Waals surface area contributed by atoms with Gasteiger partial charge in [-0.2, -0.15) is 0 Å². The van der Waals surface area contributed by atoms with Gasteiger partial charge in [0.1, 0.15) is 0 Å². The molecule has 2 aromatic rings. The molecule has 0 bridgehead atoms. The summed E-state index contributed by atoms with van der Waals surface area (Å²) in [6.45, 7) is 1.82. The maximum atomic E-state index is 11.5. The fraction of sp³-hybridized carbons (Fsp3) is 0.167. The van der Waals surface area contributed by atoms with Crippen LogP contribution in [0.1, 0.15) is 5.56 Å². The zero-order chi connectivity index (χ0) is 11.1. The second-order valence-electron chi connectivity index (χ2n) is 3.74. The Hall–Kier alpha value is -1.35. The summed E-state index contributed by atoms with van der Waals surface area (Å²) in [6, 6.07) is 11.4. The van der Waals surface area contributed by atoms with Crippen molar-refractivity contribution >= 4 is 20.6 Å². The van der Waals surface area contributed by atoms with Crippen molar-refractivity contribution in [1.29, 1.82) is 0 Å². The number of rotatable bonds is 1. The fourth-order valence-corrected chi connectivity index (χ4v) is 2.72. The highest BCUT2D eigenvalue weighted by Gasteiger charge is 2.11. The van der Waals surface area contributed by atoms with Gasteiger partial charge >= 0.3 is 0 Å². The summed E-state index contributed by atoms with van der Waals surface area (Å²) in [5.74, 6) is 0. The van der Waals surface area contributed by atoms with Crippen LogP contribution < -0.4 is 0 Å². The standard InChI is InChI=1S/C12H12O2S/c1-9-7-10-5-3-4-6-11(10)8-12(9)15(2,13)14/h3-8H,1-2H3. The number of aryl methyl sites for hydroxylation is 1. The third kappa shape index (κ3) is 1.88. The lowest BCUT2D eigenvalue weighted by Gasteiger charge is -2.05. The molecular formula is C12H12O2S. The van der Waals surface area contributed by atoms with Gasteiger partial charge in [-0.1, -0.05) is 30.3 Å². The molecule has 0 radical (unpaired) electrons. The molecule has 0 fully saturated rings. The normalized spacial score (nSPS) is 11.9. The van der Waals surface area contributed by atoms with Crippen LogP contribution in [0.5, 0.6) is 0 Å². The second-order valence-corrected chi connectivity index (χ2v) is 5.72. The second kappa shape index (κ2) is 3.35. The van der Waals surface area contributed by atoms with Crippen molar-refractivity contribution in [3.63, 3.8) is 0 Å². The van der Waals surface area contributed by atoms with Crippen LogP contribution in [0, 0.1) is 6.92 Å². The van der Waals surface area contributed by atoms with Gasteiger partial charge in [-0.3, -0.25) is 0 Å². The van der Waals surface area contributed by atoms with E-state index >= 15 is 0 Å². The van der Waals surface area contributed by atoms with Gasteiger partial charge in [0.2, 0.25) is 0 Å². The fourth-order valence-electron chi connectivity index (χ4n) is 1.73. The third-order valence-electron chi connectivity index (χ3n) is 2.44. The monoisotopic (exact) mass is 220 g/mol. The predicted molar refractivity (Wildman–Crippen MR) is 61.8 cm³/mol. The van der Waals surface area contributed by atoms with Crippen molar-refractivity contribution in [2.45, 2.75) is 11.8 Å². The SMILES string of the molecule is Cc1cc2ccccc2cc1S(C)(=O)=O. The first-order valence-corrected chi connectivity index (χ1v) is 6.57. The van der Waals surface area contributed by atoms with E-state index in [1.807, 2.05) is 37.3 Å². The van der Waals surface area contributed by atoms with Gasteiger partial charge in [0.25, 0.3) is 0 Å². The summed E-state index contributed by atoms with van der Waals surface area (Å²) in [6.07, 6.45) is 1.24. The lowest BCUT2D eigenvalue weighted by Crippen LogP contribution is -1.99. The van der Waals surface area contributed by atoms with Crippen molar-refractivity contribution in [3.05, 3.63) is 42.0 Å². The van der Waals surface area contributed by atoms with Crippen molar-refractivity contribution in [2.24, 2.45) is 0 Å². The summed E-state index contributed by atoms with van der Waals surface area (Å²) in [5.41, 5.74) is 0.802. The Labute approximate surface area is 89.5 Å². The zero-order valence-corrected chi connectivity index (χ0v) is 9.51. The first kappa shape index (κ1) is 10.2. The van der Waals surface area contributed by atoms with Gasteiger partial charge in [0.15, 0.2) is 9.84 Å². The molecule has 0 saturated heterocycles. The van der Waals surface area contributed by atoms with Crippen molar-refractivity contribution < 1.29 is 8.42 Å². The van der Waals surface area contributed by atoms with Gasteiger partial charge < -0.3 is 0 Å². The molecule has 0 aliphatic carbocycles. The van der Waals surface area contributed by atoms with Crippen LogP contribution in [0.3, 0.4) is 0 Å². The minimum Gasteiger partial charge on any atom is -0.224 e. The molecule has 3 heteroatoms. The third-order valence-corrected chi connectivity index (χ3v) is 3.68. The predicted octanol–water partition coefficient (Wildman–Crippen LogP) is 2.55. The molecule has 2 nitrogen and oxygen atoms in total. The Balaban J connectivity index is 2.84. The van der Waals surface area contributed by atoms with Crippen LogP contribution in [0.4, 0.5) is 0 Å². The summed E-state index contributed by atoms with van der Waals surface area (Å²) >= 11 is 0. The number of hydrogen-bond donors (Lipinski definition) is 0. The van der Waals surface area contributed by atoms with E-state index < -0.39 is 9.84 Å². The summed E-state index contributed by atoms with van der Waals surface area (Å²) in [5, 5.41) is 2.03. The van der Waals surface area contributed by atoms with Gasteiger partial charge in [0.05, 0.1) is 4.90 Å². The van der Waals surface area contributed by atoms with Crippen molar-refractivity contribution in [1.82, 2.24) is 0 Å². The lowest BCUT2D eigenvalue weighted by molar-refractivity contribution is 0.601. The molecule has 0 aromatic heterocycles. The van der Waals surface area contributed by atoms with E-state index in [1.54, 1.807) is 6.07 Å². The highest BCUT2D eigenvalue weighted by atomic mass is 32.2. The molecule has 0 aliphatic heterocycles. The first-order valence-electron chi connectivity index (χ1n) is 4.68. The minimum atomic E-state index is -3.12. The van der Waals surface area contributed by atoms with E-state index in [0.29, 0.717) is 4.90 Å². The molecule has 15 heavy (non-hydrogen) atoms. The van der Waals surface area contributed by atoms with Crippen molar-refractivity contribution in [3.8, 4) is 0 Å². The van der Waals surface area contributed by atoms with E-state index in [4.69, 9.17) is 0 Å². The van der Waals surface area contributed by atoms with E-state index in [1.165, 1.54) is 6.26 Å². The largest absolute Gasteiger partial charge is 0.224 e. The Kier molecular flexibility index (Phi) is 2.27. The highest BCUT2D eigenvalue weighted by molar-refractivity contribution is 7.90. The molecule has 0 amide bonds. The molecule has 2 rings (SSSR count). The number of hydrogen-bond acceptors (Lipinski definition) is 2. The molecule has 0 N–H and O–H groups in total. The quantitative estimate of drug-likeness (QED) is 0.740. The molecule has 0 saturated carbocycles. The van der Waals surface area contributed by atoms with Crippen molar-refractivity contribution in [2.75, 3.05) is 6.26 Å². The van der Waals surface area contributed by atoms with Crippen LogP contribution in [-0.2, 0) is 9.84 Å². The van der Waals surface area contributed by atoms with Gasteiger partial charge in [-0.25, -0.2) is 8.42 Å². The maximum Gasteiger partial charge on any atom is 0.175 e. The van der Waals surface area contributed by atoms with E-state index in [2.05, 4.69) is 0 Å². The van der Waals surface area contributed by atoms with Crippen LogP contribution in [0.15, 0.2) is 41.3 Å². The smallest absolute Gasteiger partial charge is 0.175 e. The maximum absolute atomic E-state index is 11.5. The van der Waals surface area contributed by atoms with E-state index in [9.17, 15) is 8.42 Å².